The molecule has 1 heterocycles. The number of ether oxygens (including phenoxy) is 1. The summed E-state index contributed by atoms with van der Waals surface area (Å²) in [6, 6.07) is 4.73. The summed E-state index contributed by atoms with van der Waals surface area (Å²) in [6.07, 6.45) is 2.41. The third kappa shape index (κ3) is 4.21. The highest BCUT2D eigenvalue weighted by atomic mass is 79.9. The van der Waals surface area contributed by atoms with Crippen molar-refractivity contribution in [2.75, 3.05) is 6.61 Å². The minimum atomic E-state index is -3.78. The van der Waals surface area contributed by atoms with Gasteiger partial charge in [-0.1, -0.05) is 0 Å². The van der Waals surface area contributed by atoms with Crippen LogP contribution < -0.4 is 4.74 Å². The maximum Gasteiger partial charge on any atom is 0.261 e. The Morgan fingerprint density at radius 1 is 1.33 bits per heavy atom. The number of benzene rings is 1. The van der Waals surface area contributed by atoms with Gasteiger partial charge >= 0.3 is 0 Å². The molecule has 0 bridgehead atoms. The Hall–Kier alpha value is -0.570. The van der Waals surface area contributed by atoms with Gasteiger partial charge in [-0.2, -0.15) is 5.10 Å². The maximum absolute atomic E-state index is 11.3. The molecule has 21 heavy (non-hydrogen) atoms. The average molecular weight is 459 g/mol. The van der Waals surface area contributed by atoms with E-state index in [9.17, 15) is 8.42 Å². The van der Waals surface area contributed by atoms with Crippen molar-refractivity contribution in [1.29, 1.82) is 0 Å². The Morgan fingerprint density at radius 3 is 2.43 bits per heavy atom. The molecule has 0 spiro atoms. The second-order valence-electron chi connectivity index (χ2n) is 4.20. The monoisotopic (exact) mass is 456 g/mol. The largest absolute Gasteiger partial charge is 0.491 e. The van der Waals surface area contributed by atoms with Crippen LogP contribution in [0.4, 0.5) is 0 Å². The first-order valence-electron chi connectivity index (χ1n) is 5.82. The van der Waals surface area contributed by atoms with Crippen LogP contribution in [0.5, 0.6) is 5.75 Å². The fourth-order valence-electron chi connectivity index (χ4n) is 1.72. The quantitative estimate of drug-likeness (QED) is 0.644. The molecule has 2 rings (SSSR count). The lowest BCUT2D eigenvalue weighted by Crippen LogP contribution is -2.07. The number of aryl methyl sites for hydroxylation is 1. The fraction of sp³-hybridized carbons (Fsp3) is 0.250. The summed E-state index contributed by atoms with van der Waals surface area (Å²) in [4.78, 5) is 0.00176. The van der Waals surface area contributed by atoms with Gasteiger partial charge in [0.1, 0.15) is 5.75 Å². The highest BCUT2D eigenvalue weighted by Gasteiger charge is 2.16. The SMILES string of the molecule is Cn1nccc1CCOc1c(Br)cc(S(=O)(=O)Cl)cc1Br. The van der Waals surface area contributed by atoms with E-state index >= 15 is 0 Å². The fourth-order valence-corrected chi connectivity index (χ4v) is 4.22. The normalized spacial score (nSPS) is 11.6. The van der Waals surface area contributed by atoms with Crippen LogP contribution in [-0.2, 0) is 22.5 Å². The van der Waals surface area contributed by atoms with Crippen molar-refractivity contribution in [3.8, 4) is 5.75 Å². The van der Waals surface area contributed by atoms with Gasteiger partial charge < -0.3 is 4.74 Å². The lowest BCUT2D eigenvalue weighted by atomic mass is 10.3. The van der Waals surface area contributed by atoms with Crippen molar-refractivity contribution in [2.45, 2.75) is 11.3 Å². The summed E-state index contributed by atoms with van der Waals surface area (Å²) in [7, 11) is 3.41. The molecule has 0 unspecified atom stereocenters. The third-order valence-corrected chi connectivity index (χ3v) is 5.29. The van der Waals surface area contributed by atoms with Crippen molar-refractivity contribution in [1.82, 2.24) is 9.78 Å². The molecule has 1 aromatic carbocycles. The van der Waals surface area contributed by atoms with Crippen LogP contribution in [0.3, 0.4) is 0 Å². The lowest BCUT2D eigenvalue weighted by molar-refractivity contribution is 0.314. The molecule has 0 saturated carbocycles. The van der Waals surface area contributed by atoms with Gasteiger partial charge in [0.15, 0.2) is 0 Å². The molecule has 0 N–H and O–H groups in total. The van der Waals surface area contributed by atoms with Crippen molar-refractivity contribution >= 4 is 51.6 Å². The molecule has 1 aromatic heterocycles. The van der Waals surface area contributed by atoms with Crippen molar-refractivity contribution in [3.63, 3.8) is 0 Å². The van der Waals surface area contributed by atoms with E-state index in [1.165, 1.54) is 12.1 Å². The smallest absolute Gasteiger partial charge is 0.261 e. The summed E-state index contributed by atoms with van der Waals surface area (Å²) in [5.74, 6) is 0.529. The molecule has 0 saturated heterocycles. The van der Waals surface area contributed by atoms with E-state index in [1.807, 2.05) is 13.1 Å². The number of nitrogens with zero attached hydrogens (tertiary/aromatic N) is 2. The van der Waals surface area contributed by atoms with Gasteiger partial charge in [-0.25, -0.2) is 8.42 Å². The molecule has 0 aliphatic rings. The van der Waals surface area contributed by atoms with Crippen LogP contribution in [-0.4, -0.2) is 24.8 Å². The number of halogens is 3. The minimum absolute atomic E-state index is 0.00176. The van der Waals surface area contributed by atoms with E-state index in [-0.39, 0.29) is 4.90 Å². The molecule has 5 nitrogen and oxygen atoms in total. The summed E-state index contributed by atoms with van der Waals surface area (Å²) in [5, 5.41) is 4.08. The van der Waals surface area contributed by atoms with E-state index in [1.54, 1.807) is 10.9 Å². The second kappa shape index (κ2) is 6.68. The van der Waals surface area contributed by atoms with Crippen molar-refractivity contribution < 1.29 is 13.2 Å². The zero-order valence-corrected chi connectivity index (χ0v) is 15.6. The number of aromatic nitrogens is 2. The van der Waals surface area contributed by atoms with Gasteiger partial charge in [-0.3, -0.25) is 4.68 Å². The topological polar surface area (TPSA) is 61.2 Å². The van der Waals surface area contributed by atoms with Crippen molar-refractivity contribution in [3.05, 3.63) is 39.0 Å². The summed E-state index contributed by atoms with van der Waals surface area (Å²) < 4.78 is 31.2. The van der Waals surface area contributed by atoms with Gasteiger partial charge in [0.05, 0.1) is 20.4 Å². The minimum Gasteiger partial charge on any atom is -0.491 e. The predicted octanol–water partition coefficient (Wildman–Crippen LogP) is 3.49. The van der Waals surface area contributed by atoms with Gasteiger partial charge in [0.2, 0.25) is 0 Å². The molecule has 0 radical (unpaired) electrons. The Kier molecular flexibility index (Phi) is 5.34. The zero-order chi connectivity index (χ0) is 15.6. The molecule has 0 atom stereocenters. The van der Waals surface area contributed by atoms with Gasteiger partial charge in [0.25, 0.3) is 9.05 Å². The second-order valence-corrected chi connectivity index (χ2v) is 8.47. The summed E-state index contributed by atoms with van der Waals surface area (Å²) in [5.41, 5.74) is 1.04. The maximum atomic E-state index is 11.3. The van der Waals surface area contributed by atoms with E-state index in [0.717, 1.165) is 5.69 Å². The lowest BCUT2D eigenvalue weighted by Gasteiger charge is -2.11. The molecule has 114 valence electrons. The zero-order valence-electron chi connectivity index (χ0n) is 10.9. The molecule has 0 amide bonds. The number of hydrogen-bond donors (Lipinski definition) is 0. The standard InChI is InChI=1S/C12H11Br2ClN2O3S/c1-17-8(2-4-16-17)3-5-20-12-10(13)6-9(7-11(12)14)21(15,18)19/h2,4,6-7H,3,5H2,1H3. The van der Waals surface area contributed by atoms with E-state index in [4.69, 9.17) is 15.4 Å². The Balaban J connectivity index is 2.12. The van der Waals surface area contributed by atoms with Gasteiger partial charge in [-0.05, 0) is 50.1 Å². The molecule has 0 aliphatic carbocycles. The Labute approximate surface area is 143 Å². The summed E-state index contributed by atoms with van der Waals surface area (Å²) >= 11 is 6.58. The van der Waals surface area contributed by atoms with Crippen LogP contribution in [0, 0.1) is 0 Å². The Morgan fingerprint density at radius 2 is 1.95 bits per heavy atom. The van der Waals surface area contributed by atoms with E-state index in [2.05, 4.69) is 37.0 Å². The highest BCUT2D eigenvalue weighted by Crippen LogP contribution is 2.36. The molecule has 2 aromatic rings. The third-order valence-electron chi connectivity index (χ3n) is 2.78. The van der Waals surface area contributed by atoms with Crippen LogP contribution in [0.2, 0.25) is 0 Å². The van der Waals surface area contributed by atoms with Crippen LogP contribution in [0.25, 0.3) is 0 Å². The number of rotatable bonds is 5. The highest BCUT2D eigenvalue weighted by molar-refractivity contribution is 9.11. The van der Waals surface area contributed by atoms with E-state index in [0.29, 0.717) is 27.7 Å². The van der Waals surface area contributed by atoms with Crippen LogP contribution >= 0.6 is 42.5 Å². The van der Waals surface area contributed by atoms with Gasteiger partial charge in [-0.15, -0.1) is 0 Å². The van der Waals surface area contributed by atoms with Gasteiger partial charge in [0, 0.05) is 36.0 Å². The first-order valence-corrected chi connectivity index (χ1v) is 9.72. The van der Waals surface area contributed by atoms with Crippen LogP contribution in [0.1, 0.15) is 5.69 Å². The average Bonchev–Trinajstić information content (AvgIpc) is 2.77. The summed E-state index contributed by atoms with van der Waals surface area (Å²) in [6.45, 7) is 0.434. The molecule has 0 fully saturated rings. The van der Waals surface area contributed by atoms with Crippen LogP contribution in [0.15, 0.2) is 38.2 Å². The molecule has 0 aliphatic heterocycles. The van der Waals surface area contributed by atoms with Crippen molar-refractivity contribution in [2.24, 2.45) is 7.05 Å². The molecular weight excluding hydrogens is 447 g/mol. The first kappa shape index (κ1) is 16.8. The molecule has 9 heteroatoms. The molecular formula is C12H11Br2ClN2O3S. The Bertz CT molecular complexity index is 739. The number of hydrogen-bond acceptors (Lipinski definition) is 4. The first-order chi connectivity index (χ1) is 9.79. The predicted molar refractivity (Wildman–Crippen MR) is 87.3 cm³/mol. The van der Waals surface area contributed by atoms with E-state index < -0.39 is 9.05 Å².